The van der Waals surface area contributed by atoms with Crippen molar-refractivity contribution < 1.29 is 23.5 Å². The molecule has 23 heavy (non-hydrogen) atoms. The molecule has 120 valence electrons. The minimum Gasteiger partial charge on any atom is -0.507 e. The number of benzene rings is 2. The minimum absolute atomic E-state index is 0.0665. The molecule has 0 bridgehead atoms. The van der Waals surface area contributed by atoms with Crippen molar-refractivity contribution in [1.29, 1.82) is 0 Å². The van der Waals surface area contributed by atoms with E-state index in [1.54, 1.807) is 0 Å². The highest BCUT2D eigenvalue weighted by atomic mass is 35.5. The van der Waals surface area contributed by atoms with Crippen molar-refractivity contribution in [1.82, 2.24) is 0 Å². The lowest BCUT2D eigenvalue weighted by atomic mass is 10.2. The molecule has 0 saturated carbocycles. The van der Waals surface area contributed by atoms with E-state index in [2.05, 4.69) is 9.73 Å². The van der Waals surface area contributed by atoms with E-state index in [4.69, 9.17) is 11.6 Å². The van der Waals surface area contributed by atoms with Gasteiger partial charge in [-0.25, -0.2) is 0 Å². The standard InChI is InChI=1S/C14H9ClF2N2O4/c15-11-6-9(1-4-13(11)23-14(16)17)18-7-8-5-10(19(21)22)2-3-12(8)20/h1-7,14,20H. The molecule has 2 aromatic carbocycles. The van der Waals surface area contributed by atoms with Crippen LogP contribution in [0.3, 0.4) is 0 Å². The molecule has 0 amide bonds. The molecule has 0 unspecified atom stereocenters. The highest BCUT2D eigenvalue weighted by molar-refractivity contribution is 6.32. The van der Waals surface area contributed by atoms with Crippen LogP contribution in [0.4, 0.5) is 20.2 Å². The van der Waals surface area contributed by atoms with Gasteiger partial charge in [0.15, 0.2) is 0 Å². The molecule has 0 aromatic heterocycles. The van der Waals surface area contributed by atoms with Crippen molar-refractivity contribution in [2.24, 2.45) is 4.99 Å². The molecule has 0 radical (unpaired) electrons. The van der Waals surface area contributed by atoms with Crippen LogP contribution < -0.4 is 4.74 Å². The van der Waals surface area contributed by atoms with Gasteiger partial charge in [-0.3, -0.25) is 15.1 Å². The number of ether oxygens (including phenoxy) is 1. The van der Waals surface area contributed by atoms with Crippen LogP contribution in [0.1, 0.15) is 5.56 Å². The van der Waals surface area contributed by atoms with Crippen LogP contribution in [0.2, 0.25) is 5.02 Å². The van der Waals surface area contributed by atoms with Crippen LogP contribution in [-0.2, 0) is 0 Å². The third kappa shape index (κ3) is 4.36. The fourth-order valence-electron chi connectivity index (χ4n) is 1.66. The zero-order valence-electron chi connectivity index (χ0n) is 11.3. The van der Waals surface area contributed by atoms with Gasteiger partial charge in [-0.1, -0.05) is 11.6 Å². The number of alkyl halides is 2. The topological polar surface area (TPSA) is 85.0 Å². The van der Waals surface area contributed by atoms with Gasteiger partial charge in [0.2, 0.25) is 0 Å². The molecule has 0 aliphatic carbocycles. The molecular weight excluding hydrogens is 334 g/mol. The maximum atomic E-state index is 12.1. The molecule has 2 rings (SSSR count). The van der Waals surface area contributed by atoms with Crippen molar-refractivity contribution in [2.45, 2.75) is 6.61 Å². The van der Waals surface area contributed by atoms with E-state index in [1.165, 1.54) is 30.5 Å². The summed E-state index contributed by atoms with van der Waals surface area (Å²) in [4.78, 5) is 14.1. The number of hydrogen-bond donors (Lipinski definition) is 1. The molecule has 0 atom stereocenters. The van der Waals surface area contributed by atoms with Crippen LogP contribution in [0, 0.1) is 10.1 Å². The van der Waals surface area contributed by atoms with Crippen LogP contribution in [-0.4, -0.2) is 22.9 Å². The molecule has 0 heterocycles. The number of hydrogen-bond acceptors (Lipinski definition) is 5. The normalized spacial score (nSPS) is 11.1. The summed E-state index contributed by atoms with van der Waals surface area (Å²) in [5, 5.41) is 20.3. The van der Waals surface area contributed by atoms with E-state index >= 15 is 0 Å². The first kappa shape index (κ1) is 16.6. The van der Waals surface area contributed by atoms with Gasteiger partial charge in [-0.2, -0.15) is 8.78 Å². The Labute approximate surface area is 133 Å². The second kappa shape index (κ2) is 7.01. The number of nitrogens with zero attached hydrogens (tertiary/aromatic N) is 2. The van der Waals surface area contributed by atoms with E-state index in [9.17, 15) is 24.0 Å². The second-order valence-corrected chi connectivity index (χ2v) is 4.66. The SMILES string of the molecule is O=[N+]([O-])c1ccc(O)c(C=Nc2ccc(OC(F)F)c(Cl)c2)c1. The minimum atomic E-state index is -3.00. The average molecular weight is 343 g/mol. The summed E-state index contributed by atoms with van der Waals surface area (Å²) in [7, 11) is 0. The van der Waals surface area contributed by atoms with Crippen molar-refractivity contribution in [2.75, 3.05) is 0 Å². The summed E-state index contributed by atoms with van der Waals surface area (Å²) in [6, 6.07) is 7.34. The van der Waals surface area contributed by atoms with Gasteiger partial charge >= 0.3 is 6.61 Å². The van der Waals surface area contributed by atoms with Crippen molar-refractivity contribution in [3.8, 4) is 11.5 Å². The van der Waals surface area contributed by atoms with Crippen LogP contribution in [0.15, 0.2) is 41.4 Å². The van der Waals surface area contributed by atoms with Gasteiger partial charge in [0.25, 0.3) is 5.69 Å². The molecule has 1 N–H and O–H groups in total. The quantitative estimate of drug-likeness (QED) is 0.498. The maximum absolute atomic E-state index is 12.1. The van der Waals surface area contributed by atoms with E-state index in [1.807, 2.05) is 0 Å². The van der Waals surface area contributed by atoms with Gasteiger partial charge in [0.1, 0.15) is 11.5 Å². The van der Waals surface area contributed by atoms with Gasteiger partial charge in [0, 0.05) is 23.9 Å². The first-order chi connectivity index (χ1) is 10.9. The number of halogens is 3. The maximum Gasteiger partial charge on any atom is 0.387 e. The number of phenolic OH excluding ortho intramolecular Hbond substituents is 1. The summed E-state index contributed by atoms with van der Waals surface area (Å²) in [5.41, 5.74) is 0.216. The number of aliphatic imine (C=N–C) groups is 1. The van der Waals surface area contributed by atoms with Gasteiger partial charge < -0.3 is 9.84 Å². The van der Waals surface area contributed by atoms with Gasteiger partial charge in [0.05, 0.1) is 15.6 Å². The van der Waals surface area contributed by atoms with Crippen molar-refractivity contribution in [3.05, 3.63) is 57.1 Å². The molecule has 0 aliphatic rings. The molecule has 0 fully saturated rings. The number of non-ortho nitro benzene ring substituents is 1. The fraction of sp³-hybridized carbons (Fsp3) is 0.0714. The Kier molecular flexibility index (Phi) is 5.07. The summed E-state index contributed by atoms with van der Waals surface area (Å²) in [6.07, 6.45) is 1.20. The van der Waals surface area contributed by atoms with Gasteiger partial charge in [-0.05, 0) is 24.3 Å². The summed E-state index contributed by atoms with van der Waals surface area (Å²) < 4.78 is 28.4. The molecule has 0 aliphatic heterocycles. The Morgan fingerprint density at radius 2 is 2.04 bits per heavy atom. The predicted octanol–water partition coefficient (Wildman–Crippen LogP) is 4.31. The lowest BCUT2D eigenvalue weighted by molar-refractivity contribution is -0.384. The highest BCUT2D eigenvalue weighted by Crippen LogP contribution is 2.30. The Morgan fingerprint density at radius 3 is 2.65 bits per heavy atom. The number of nitro groups is 1. The molecule has 0 spiro atoms. The first-order valence-corrected chi connectivity index (χ1v) is 6.50. The zero-order chi connectivity index (χ0) is 17.0. The van der Waals surface area contributed by atoms with Crippen LogP contribution in [0.25, 0.3) is 0 Å². The Bertz CT molecular complexity index is 768. The lowest BCUT2D eigenvalue weighted by Gasteiger charge is -2.06. The van der Waals surface area contributed by atoms with Crippen molar-refractivity contribution in [3.63, 3.8) is 0 Å². The average Bonchev–Trinajstić information content (AvgIpc) is 2.48. The van der Waals surface area contributed by atoms with E-state index < -0.39 is 11.5 Å². The van der Waals surface area contributed by atoms with Crippen molar-refractivity contribution >= 4 is 29.2 Å². The van der Waals surface area contributed by atoms with Crippen LogP contribution >= 0.6 is 11.6 Å². The Balaban J connectivity index is 2.25. The smallest absolute Gasteiger partial charge is 0.387 e. The third-order valence-electron chi connectivity index (χ3n) is 2.71. The number of phenols is 1. The number of nitro benzene ring substituents is 1. The van der Waals surface area contributed by atoms with E-state index in [0.717, 1.165) is 12.1 Å². The predicted molar refractivity (Wildman–Crippen MR) is 80.1 cm³/mol. The third-order valence-corrected chi connectivity index (χ3v) is 3.00. The van der Waals surface area contributed by atoms with E-state index in [0.29, 0.717) is 5.69 Å². The lowest BCUT2D eigenvalue weighted by Crippen LogP contribution is -2.01. The largest absolute Gasteiger partial charge is 0.507 e. The first-order valence-electron chi connectivity index (χ1n) is 6.12. The molecule has 9 heteroatoms. The molecular formula is C14H9ClF2N2O4. The number of rotatable bonds is 5. The highest BCUT2D eigenvalue weighted by Gasteiger charge is 2.10. The fourth-order valence-corrected chi connectivity index (χ4v) is 1.88. The summed E-state index contributed by atoms with van der Waals surface area (Å²) in [6.45, 7) is -3.00. The van der Waals surface area contributed by atoms with Crippen LogP contribution in [0.5, 0.6) is 11.5 Å². The van der Waals surface area contributed by atoms with E-state index in [-0.39, 0.29) is 27.8 Å². The molecule has 6 nitrogen and oxygen atoms in total. The Morgan fingerprint density at radius 1 is 1.30 bits per heavy atom. The van der Waals surface area contributed by atoms with Gasteiger partial charge in [-0.15, -0.1) is 0 Å². The Hall–Kier alpha value is -2.74. The molecule has 2 aromatic rings. The summed E-state index contributed by atoms with van der Waals surface area (Å²) in [5.74, 6) is -0.387. The monoisotopic (exact) mass is 342 g/mol. The summed E-state index contributed by atoms with van der Waals surface area (Å²) >= 11 is 5.78. The molecule has 0 saturated heterocycles. The zero-order valence-corrected chi connectivity index (χ0v) is 12.1. The second-order valence-electron chi connectivity index (χ2n) is 4.25. The number of aromatic hydroxyl groups is 1.